The van der Waals surface area contributed by atoms with E-state index >= 15 is 0 Å². The van der Waals surface area contributed by atoms with Crippen LogP contribution >= 0.6 is 11.3 Å². The first-order valence-electron chi connectivity index (χ1n) is 9.61. The minimum absolute atomic E-state index is 0.0140. The van der Waals surface area contributed by atoms with Gasteiger partial charge < -0.3 is 10.6 Å². The fourth-order valence-corrected chi connectivity index (χ4v) is 3.88. The summed E-state index contributed by atoms with van der Waals surface area (Å²) in [5.41, 5.74) is 8.00. The van der Waals surface area contributed by atoms with Gasteiger partial charge in [-0.05, 0) is 30.5 Å². The SMILES string of the molecule is CCCCn1c(N)c(N(CC(C)C)C(=O)c2ccc3ncsc3c2)c(=O)[nH]c1=O. The quantitative estimate of drug-likeness (QED) is 0.616. The van der Waals surface area contributed by atoms with Crippen molar-refractivity contribution in [2.75, 3.05) is 17.2 Å². The number of carbonyl (C=O) groups is 1. The molecule has 3 rings (SSSR count). The Labute approximate surface area is 172 Å². The predicted octanol–water partition coefficient (Wildman–Crippen LogP) is 2.83. The number of nitrogen functional groups attached to an aromatic ring is 1. The minimum atomic E-state index is -0.659. The molecule has 8 nitrogen and oxygen atoms in total. The van der Waals surface area contributed by atoms with Crippen LogP contribution in [-0.4, -0.2) is 27.0 Å². The lowest BCUT2D eigenvalue weighted by Gasteiger charge is -2.26. The van der Waals surface area contributed by atoms with Crippen molar-refractivity contribution in [2.24, 2.45) is 5.92 Å². The zero-order valence-corrected chi connectivity index (χ0v) is 17.6. The second-order valence-electron chi connectivity index (χ2n) is 7.34. The van der Waals surface area contributed by atoms with E-state index in [0.717, 1.165) is 23.1 Å². The molecule has 29 heavy (non-hydrogen) atoms. The van der Waals surface area contributed by atoms with Crippen LogP contribution in [0.25, 0.3) is 10.2 Å². The van der Waals surface area contributed by atoms with Gasteiger partial charge in [0, 0.05) is 18.7 Å². The molecular weight excluding hydrogens is 390 g/mol. The highest BCUT2D eigenvalue weighted by atomic mass is 32.1. The zero-order chi connectivity index (χ0) is 21.1. The lowest BCUT2D eigenvalue weighted by atomic mass is 10.1. The van der Waals surface area contributed by atoms with Crippen molar-refractivity contribution in [3.63, 3.8) is 0 Å². The summed E-state index contributed by atoms with van der Waals surface area (Å²) in [4.78, 5) is 46.2. The van der Waals surface area contributed by atoms with Gasteiger partial charge in [-0.25, -0.2) is 9.78 Å². The number of H-pyrrole nitrogens is 1. The molecule has 1 amide bonds. The third-order valence-corrected chi connectivity index (χ3v) is 5.38. The Morgan fingerprint density at radius 1 is 1.34 bits per heavy atom. The lowest BCUT2D eigenvalue weighted by Crippen LogP contribution is -2.42. The van der Waals surface area contributed by atoms with Crippen LogP contribution in [0.2, 0.25) is 0 Å². The van der Waals surface area contributed by atoms with Crippen molar-refractivity contribution in [1.29, 1.82) is 0 Å². The Bertz CT molecular complexity index is 1140. The number of unbranched alkanes of at least 4 members (excludes halogenated alkanes) is 1. The van der Waals surface area contributed by atoms with Crippen LogP contribution in [0.15, 0.2) is 33.3 Å². The third kappa shape index (κ3) is 4.24. The molecule has 0 aliphatic rings. The summed E-state index contributed by atoms with van der Waals surface area (Å²) in [6.07, 6.45) is 1.60. The molecule has 9 heteroatoms. The second kappa shape index (κ2) is 8.60. The number of nitrogens with two attached hydrogens (primary N) is 1. The van der Waals surface area contributed by atoms with Crippen LogP contribution in [0.4, 0.5) is 11.5 Å². The number of anilines is 2. The second-order valence-corrected chi connectivity index (χ2v) is 8.23. The molecule has 0 atom stereocenters. The highest BCUT2D eigenvalue weighted by Crippen LogP contribution is 2.24. The summed E-state index contributed by atoms with van der Waals surface area (Å²) in [5.74, 6) is -0.243. The maximum atomic E-state index is 13.4. The lowest BCUT2D eigenvalue weighted by molar-refractivity contribution is 0.0983. The minimum Gasteiger partial charge on any atom is -0.383 e. The van der Waals surface area contributed by atoms with Gasteiger partial charge in [-0.15, -0.1) is 11.3 Å². The van der Waals surface area contributed by atoms with Crippen molar-refractivity contribution in [3.8, 4) is 0 Å². The van der Waals surface area contributed by atoms with E-state index in [4.69, 9.17) is 5.73 Å². The number of rotatable bonds is 7. The number of nitrogens with one attached hydrogen (secondary N) is 1. The Balaban J connectivity index is 2.12. The number of aromatic nitrogens is 3. The Morgan fingerprint density at radius 3 is 2.79 bits per heavy atom. The Morgan fingerprint density at radius 2 is 2.10 bits per heavy atom. The van der Waals surface area contributed by atoms with Crippen LogP contribution in [0.3, 0.4) is 0 Å². The fraction of sp³-hybridized carbons (Fsp3) is 0.400. The van der Waals surface area contributed by atoms with Crippen molar-refractivity contribution < 1.29 is 4.79 Å². The highest BCUT2D eigenvalue weighted by Gasteiger charge is 2.26. The summed E-state index contributed by atoms with van der Waals surface area (Å²) in [6.45, 7) is 6.56. The number of carbonyl (C=O) groups excluding carboxylic acids is 1. The first kappa shape index (κ1) is 20.8. The number of hydrogen-bond donors (Lipinski definition) is 2. The number of fused-ring (bicyclic) bond motifs is 1. The number of aromatic amines is 1. The van der Waals surface area contributed by atoms with E-state index in [1.807, 2.05) is 20.8 Å². The van der Waals surface area contributed by atoms with Crippen molar-refractivity contribution in [2.45, 2.75) is 40.2 Å². The molecule has 0 aliphatic carbocycles. The van der Waals surface area contributed by atoms with E-state index in [2.05, 4.69) is 9.97 Å². The normalized spacial score (nSPS) is 11.3. The van der Waals surface area contributed by atoms with Crippen LogP contribution in [-0.2, 0) is 6.54 Å². The molecule has 0 spiro atoms. The van der Waals surface area contributed by atoms with Gasteiger partial charge in [0.1, 0.15) is 5.82 Å². The first-order chi connectivity index (χ1) is 13.8. The van der Waals surface area contributed by atoms with Gasteiger partial charge in [0.25, 0.3) is 11.5 Å². The molecular formula is C20H25N5O3S. The van der Waals surface area contributed by atoms with Crippen molar-refractivity contribution in [3.05, 3.63) is 50.1 Å². The summed E-state index contributed by atoms with van der Waals surface area (Å²) in [7, 11) is 0. The summed E-state index contributed by atoms with van der Waals surface area (Å²) in [5, 5.41) is 0. The molecule has 154 valence electrons. The van der Waals surface area contributed by atoms with E-state index in [0.29, 0.717) is 18.7 Å². The average Bonchev–Trinajstić information content (AvgIpc) is 3.13. The van der Waals surface area contributed by atoms with Crippen LogP contribution in [0.1, 0.15) is 44.0 Å². The number of amides is 1. The molecule has 0 fully saturated rings. The van der Waals surface area contributed by atoms with E-state index < -0.39 is 11.2 Å². The Kier molecular flexibility index (Phi) is 6.17. The van der Waals surface area contributed by atoms with Gasteiger partial charge >= 0.3 is 5.69 Å². The first-order valence-corrected chi connectivity index (χ1v) is 10.5. The van der Waals surface area contributed by atoms with E-state index in [1.165, 1.54) is 20.8 Å². The van der Waals surface area contributed by atoms with E-state index in [-0.39, 0.29) is 23.3 Å². The number of thiazole rings is 1. The van der Waals surface area contributed by atoms with Crippen molar-refractivity contribution >= 4 is 39.0 Å². The maximum Gasteiger partial charge on any atom is 0.330 e. The molecule has 1 aromatic carbocycles. The van der Waals surface area contributed by atoms with Crippen LogP contribution in [0.5, 0.6) is 0 Å². The highest BCUT2D eigenvalue weighted by molar-refractivity contribution is 7.16. The zero-order valence-electron chi connectivity index (χ0n) is 16.8. The van der Waals surface area contributed by atoms with E-state index in [1.54, 1.807) is 23.7 Å². The Hall–Kier alpha value is -2.94. The number of benzene rings is 1. The third-order valence-electron chi connectivity index (χ3n) is 4.59. The summed E-state index contributed by atoms with van der Waals surface area (Å²) >= 11 is 1.44. The molecule has 2 heterocycles. The van der Waals surface area contributed by atoms with Gasteiger partial charge in [0.05, 0.1) is 15.7 Å². The monoisotopic (exact) mass is 415 g/mol. The fourth-order valence-electron chi connectivity index (χ4n) is 3.16. The van der Waals surface area contributed by atoms with Gasteiger partial charge in [0.15, 0.2) is 5.69 Å². The van der Waals surface area contributed by atoms with Crippen LogP contribution in [0, 0.1) is 5.92 Å². The van der Waals surface area contributed by atoms with Gasteiger partial charge in [-0.1, -0.05) is 27.2 Å². The van der Waals surface area contributed by atoms with Gasteiger partial charge in [-0.3, -0.25) is 19.1 Å². The smallest absolute Gasteiger partial charge is 0.330 e. The van der Waals surface area contributed by atoms with Gasteiger partial charge in [-0.2, -0.15) is 0 Å². The molecule has 0 saturated heterocycles. The molecule has 3 aromatic rings. The van der Waals surface area contributed by atoms with E-state index in [9.17, 15) is 14.4 Å². The standard InChI is InChI=1S/C20H25N5O3S/c1-4-5-8-24-17(21)16(18(26)23-20(24)28)25(10-12(2)3)19(27)13-6-7-14-15(9-13)29-11-22-14/h6-7,9,11-12H,4-5,8,10,21H2,1-3H3,(H,23,26,28). The average molecular weight is 416 g/mol. The molecule has 0 bridgehead atoms. The topological polar surface area (TPSA) is 114 Å². The molecule has 2 aromatic heterocycles. The predicted molar refractivity (Wildman–Crippen MR) is 117 cm³/mol. The molecule has 0 radical (unpaired) electrons. The number of nitrogens with zero attached hydrogens (tertiary/aromatic N) is 3. The number of hydrogen-bond acceptors (Lipinski definition) is 6. The summed E-state index contributed by atoms with van der Waals surface area (Å²) < 4.78 is 2.21. The molecule has 0 unspecified atom stereocenters. The van der Waals surface area contributed by atoms with Crippen LogP contribution < -0.4 is 21.9 Å². The summed E-state index contributed by atoms with van der Waals surface area (Å²) in [6, 6.07) is 5.23. The van der Waals surface area contributed by atoms with Gasteiger partial charge in [0.2, 0.25) is 0 Å². The molecule has 0 aliphatic heterocycles. The largest absolute Gasteiger partial charge is 0.383 e. The molecule has 3 N–H and O–H groups in total. The molecule has 0 saturated carbocycles. The van der Waals surface area contributed by atoms with Crippen molar-refractivity contribution in [1.82, 2.24) is 14.5 Å². The maximum absolute atomic E-state index is 13.4.